The Morgan fingerprint density at radius 1 is 1.31 bits per heavy atom. The summed E-state index contributed by atoms with van der Waals surface area (Å²) in [6.45, 7) is 11.3. The van der Waals surface area contributed by atoms with Crippen LogP contribution in [-0.2, 0) is 4.79 Å². The summed E-state index contributed by atoms with van der Waals surface area (Å²) in [5, 5.41) is 0. The zero-order chi connectivity index (χ0) is 12.8. The third kappa shape index (κ3) is 6.65. The first-order chi connectivity index (χ1) is 7.25. The van der Waals surface area contributed by atoms with Crippen LogP contribution in [0.4, 0.5) is 0 Å². The first-order valence-electron chi connectivity index (χ1n) is 6.19. The Morgan fingerprint density at radius 3 is 2.31 bits per heavy atom. The molecule has 0 radical (unpaired) electrons. The minimum absolute atomic E-state index is 0.216. The van der Waals surface area contributed by atoms with Crippen LogP contribution in [0.15, 0.2) is 11.6 Å². The van der Waals surface area contributed by atoms with Gasteiger partial charge in [-0.2, -0.15) is 0 Å². The average molecular weight is 225 g/mol. The lowest BCUT2D eigenvalue weighted by atomic mass is 9.77. The number of primary amides is 1. The van der Waals surface area contributed by atoms with Gasteiger partial charge in [0.2, 0.25) is 5.91 Å². The number of hydrogen-bond donors (Lipinski definition) is 1. The largest absolute Gasteiger partial charge is 0.370 e. The predicted octanol–water partition coefficient (Wildman–Crippen LogP) is 3.66. The van der Waals surface area contributed by atoms with Crippen molar-refractivity contribution in [3.8, 4) is 0 Å². The van der Waals surface area contributed by atoms with Crippen LogP contribution >= 0.6 is 0 Å². The van der Waals surface area contributed by atoms with E-state index in [1.807, 2.05) is 0 Å². The Bertz CT molecular complexity index is 251. The van der Waals surface area contributed by atoms with Crippen molar-refractivity contribution in [2.45, 2.75) is 60.3 Å². The second kappa shape index (κ2) is 6.72. The average Bonchev–Trinajstić information content (AvgIpc) is 2.14. The molecular formula is C14H27NO. The van der Waals surface area contributed by atoms with Gasteiger partial charge in [-0.25, -0.2) is 0 Å². The smallest absolute Gasteiger partial charge is 0.217 e. The lowest BCUT2D eigenvalue weighted by Crippen LogP contribution is -2.18. The summed E-state index contributed by atoms with van der Waals surface area (Å²) in [5.74, 6) is 0.484. The molecular weight excluding hydrogens is 198 g/mol. The summed E-state index contributed by atoms with van der Waals surface area (Å²) in [7, 11) is 0. The van der Waals surface area contributed by atoms with Gasteiger partial charge in [0.05, 0.1) is 0 Å². The number of carbonyl (C=O) groups is 1. The van der Waals surface area contributed by atoms with Crippen molar-refractivity contribution in [1.29, 1.82) is 0 Å². The number of nitrogens with two attached hydrogens (primary N) is 1. The van der Waals surface area contributed by atoms with Crippen LogP contribution in [0.3, 0.4) is 0 Å². The number of carbonyl (C=O) groups excluding carboxylic acids is 1. The van der Waals surface area contributed by atoms with E-state index in [0.29, 0.717) is 17.8 Å². The molecule has 0 saturated carbocycles. The Hall–Kier alpha value is -0.790. The van der Waals surface area contributed by atoms with Crippen LogP contribution in [0.5, 0.6) is 0 Å². The highest BCUT2D eigenvalue weighted by Gasteiger charge is 2.21. The molecule has 2 nitrogen and oxygen atoms in total. The van der Waals surface area contributed by atoms with Crippen molar-refractivity contribution in [3.63, 3.8) is 0 Å². The molecule has 2 heteroatoms. The second-order valence-electron chi connectivity index (χ2n) is 5.70. The number of amides is 1. The van der Waals surface area contributed by atoms with Crippen LogP contribution in [0.2, 0.25) is 0 Å². The molecule has 0 fully saturated rings. The lowest BCUT2D eigenvalue weighted by molar-refractivity contribution is -0.117. The molecule has 94 valence electrons. The standard InChI is InChI=1S/C14H27NO/c1-11(2)14(4,5)10-9-12(3)7-6-8-13(15)16/h7,11H,6,8-10H2,1-5H3,(H2,15,16)/b12-7-. The molecule has 0 rings (SSSR count). The zero-order valence-corrected chi connectivity index (χ0v) is 11.5. The SMILES string of the molecule is C/C(=C/CCC(N)=O)CCC(C)(C)C(C)C. The highest BCUT2D eigenvalue weighted by atomic mass is 16.1. The van der Waals surface area contributed by atoms with E-state index in [4.69, 9.17) is 5.73 Å². The van der Waals surface area contributed by atoms with Gasteiger partial charge in [-0.3, -0.25) is 4.79 Å². The van der Waals surface area contributed by atoms with E-state index in [1.165, 1.54) is 12.0 Å². The van der Waals surface area contributed by atoms with Crippen molar-refractivity contribution >= 4 is 5.91 Å². The van der Waals surface area contributed by atoms with E-state index in [1.54, 1.807) is 0 Å². The first kappa shape index (κ1) is 15.2. The Balaban J connectivity index is 3.97. The molecule has 0 unspecified atom stereocenters. The van der Waals surface area contributed by atoms with E-state index >= 15 is 0 Å². The van der Waals surface area contributed by atoms with Gasteiger partial charge >= 0.3 is 0 Å². The fourth-order valence-corrected chi connectivity index (χ4v) is 1.37. The van der Waals surface area contributed by atoms with E-state index in [0.717, 1.165) is 12.8 Å². The van der Waals surface area contributed by atoms with Crippen molar-refractivity contribution < 1.29 is 4.79 Å². The molecule has 0 heterocycles. The minimum atomic E-state index is -0.216. The van der Waals surface area contributed by atoms with Gasteiger partial charge < -0.3 is 5.73 Å². The maximum Gasteiger partial charge on any atom is 0.217 e. The van der Waals surface area contributed by atoms with E-state index in [2.05, 4.69) is 40.7 Å². The quantitative estimate of drug-likeness (QED) is 0.660. The van der Waals surface area contributed by atoms with Crippen LogP contribution in [0.25, 0.3) is 0 Å². The van der Waals surface area contributed by atoms with Gasteiger partial charge in [0.25, 0.3) is 0 Å². The Kier molecular flexibility index (Phi) is 6.39. The summed E-state index contributed by atoms with van der Waals surface area (Å²) in [6.07, 6.45) is 5.70. The normalized spacial score (nSPS) is 13.2. The molecule has 2 N–H and O–H groups in total. The Labute approximate surface area is 100 Å². The van der Waals surface area contributed by atoms with Crippen LogP contribution < -0.4 is 5.73 Å². The predicted molar refractivity (Wildman–Crippen MR) is 70.0 cm³/mol. The molecule has 0 aromatic rings. The summed E-state index contributed by atoms with van der Waals surface area (Å²) in [4.78, 5) is 10.6. The molecule has 0 aromatic carbocycles. The second-order valence-corrected chi connectivity index (χ2v) is 5.70. The summed E-state index contributed by atoms with van der Waals surface area (Å²) in [5.41, 5.74) is 6.85. The fraction of sp³-hybridized carbons (Fsp3) is 0.786. The maximum absolute atomic E-state index is 10.6. The summed E-state index contributed by atoms with van der Waals surface area (Å²) >= 11 is 0. The van der Waals surface area contributed by atoms with Crippen molar-refractivity contribution in [2.75, 3.05) is 0 Å². The van der Waals surface area contributed by atoms with Gasteiger partial charge in [-0.15, -0.1) is 0 Å². The molecule has 0 aliphatic rings. The van der Waals surface area contributed by atoms with Gasteiger partial charge in [0.1, 0.15) is 0 Å². The van der Waals surface area contributed by atoms with Crippen molar-refractivity contribution in [1.82, 2.24) is 0 Å². The third-order valence-electron chi connectivity index (χ3n) is 3.61. The van der Waals surface area contributed by atoms with E-state index in [-0.39, 0.29) is 5.91 Å². The summed E-state index contributed by atoms with van der Waals surface area (Å²) in [6, 6.07) is 0. The van der Waals surface area contributed by atoms with Gasteiger partial charge in [0.15, 0.2) is 0 Å². The molecule has 0 spiro atoms. The monoisotopic (exact) mass is 225 g/mol. The fourth-order valence-electron chi connectivity index (χ4n) is 1.37. The number of hydrogen-bond acceptors (Lipinski definition) is 1. The third-order valence-corrected chi connectivity index (χ3v) is 3.61. The molecule has 0 saturated heterocycles. The summed E-state index contributed by atoms with van der Waals surface area (Å²) < 4.78 is 0. The highest BCUT2D eigenvalue weighted by molar-refractivity contribution is 5.73. The van der Waals surface area contributed by atoms with Gasteiger partial charge in [-0.1, -0.05) is 39.3 Å². The van der Waals surface area contributed by atoms with Crippen molar-refractivity contribution in [2.24, 2.45) is 17.1 Å². The van der Waals surface area contributed by atoms with Crippen LogP contribution in [0, 0.1) is 11.3 Å². The molecule has 0 aliphatic carbocycles. The van der Waals surface area contributed by atoms with Crippen LogP contribution in [0.1, 0.15) is 60.3 Å². The van der Waals surface area contributed by atoms with Crippen molar-refractivity contribution in [3.05, 3.63) is 11.6 Å². The molecule has 0 aliphatic heterocycles. The zero-order valence-electron chi connectivity index (χ0n) is 11.5. The van der Waals surface area contributed by atoms with Gasteiger partial charge in [-0.05, 0) is 37.5 Å². The maximum atomic E-state index is 10.6. The number of rotatable bonds is 7. The Morgan fingerprint density at radius 2 is 1.88 bits per heavy atom. The highest BCUT2D eigenvalue weighted by Crippen LogP contribution is 2.32. The molecule has 0 aromatic heterocycles. The molecule has 1 amide bonds. The molecule has 0 bridgehead atoms. The lowest BCUT2D eigenvalue weighted by Gasteiger charge is -2.29. The van der Waals surface area contributed by atoms with Crippen LogP contribution in [-0.4, -0.2) is 5.91 Å². The molecule has 0 atom stereocenters. The number of allylic oxidation sites excluding steroid dienone is 2. The molecule has 16 heavy (non-hydrogen) atoms. The van der Waals surface area contributed by atoms with Gasteiger partial charge in [0, 0.05) is 6.42 Å². The van der Waals surface area contributed by atoms with E-state index < -0.39 is 0 Å². The topological polar surface area (TPSA) is 43.1 Å². The first-order valence-corrected chi connectivity index (χ1v) is 6.19. The van der Waals surface area contributed by atoms with E-state index in [9.17, 15) is 4.79 Å². The minimum Gasteiger partial charge on any atom is -0.370 e.